The van der Waals surface area contributed by atoms with Crippen molar-refractivity contribution in [3.63, 3.8) is 0 Å². The Balaban J connectivity index is 1.19. The second-order valence-corrected chi connectivity index (χ2v) is 9.85. The van der Waals surface area contributed by atoms with Crippen molar-refractivity contribution in [1.82, 2.24) is 15.1 Å². The van der Waals surface area contributed by atoms with Gasteiger partial charge in [0.25, 0.3) is 5.91 Å². The summed E-state index contributed by atoms with van der Waals surface area (Å²) in [7, 11) is 1.37. The first kappa shape index (κ1) is 24.7. The molecule has 1 amide bonds. The number of rotatable bonds is 8. The maximum Gasteiger partial charge on any atom is 0.309 e. The van der Waals surface area contributed by atoms with Crippen LogP contribution >= 0.6 is 0 Å². The van der Waals surface area contributed by atoms with Gasteiger partial charge >= 0.3 is 5.97 Å². The number of methoxy groups -OCH3 is 1. The van der Waals surface area contributed by atoms with Crippen molar-refractivity contribution < 1.29 is 14.3 Å². The van der Waals surface area contributed by atoms with Gasteiger partial charge in [0.2, 0.25) is 0 Å². The number of hydrogen-bond acceptors (Lipinski definition) is 5. The van der Waals surface area contributed by atoms with Crippen molar-refractivity contribution in [1.29, 1.82) is 0 Å². The van der Waals surface area contributed by atoms with Crippen LogP contribution < -0.4 is 5.32 Å². The van der Waals surface area contributed by atoms with Gasteiger partial charge in [-0.15, -0.1) is 0 Å². The second kappa shape index (κ2) is 11.4. The van der Waals surface area contributed by atoms with Crippen LogP contribution in [0.4, 0.5) is 5.69 Å². The zero-order valence-corrected chi connectivity index (χ0v) is 21.1. The monoisotopic (exact) mass is 496 g/mol. The van der Waals surface area contributed by atoms with E-state index in [9.17, 15) is 9.59 Å². The van der Waals surface area contributed by atoms with E-state index in [0.29, 0.717) is 17.2 Å². The predicted molar refractivity (Wildman–Crippen MR) is 144 cm³/mol. The number of aromatic amines is 1. The Hall–Kier alpha value is -3.97. The Labute approximate surface area is 216 Å². The van der Waals surface area contributed by atoms with Crippen molar-refractivity contribution in [2.75, 3.05) is 25.5 Å². The van der Waals surface area contributed by atoms with Crippen molar-refractivity contribution in [2.24, 2.45) is 5.92 Å². The van der Waals surface area contributed by atoms with Crippen LogP contribution in [0.15, 0.2) is 72.9 Å². The summed E-state index contributed by atoms with van der Waals surface area (Å²) in [6.45, 7) is 2.94. The molecule has 5 rings (SSSR count). The van der Waals surface area contributed by atoms with E-state index in [0.717, 1.165) is 48.1 Å². The number of nitrogens with one attached hydrogen (secondary N) is 2. The summed E-state index contributed by atoms with van der Waals surface area (Å²) in [5, 5.41) is 11.3. The number of anilines is 1. The van der Waals surface area contributed by atoms with Gasteiger partial charge in [-0.05, 0) is 84.8 Å². The third kappa shape index (κ3) is 6.43. The minimum absolute atomic E-state index is 0.164. The van der Waals surface area contributed by atoms with Gasteiger partial charge in [0.15, 0.2) is 0 Å². The van der Waals surface area contributed by atoms with Crippen LogP contribution in [-0.2, 0) is 28.9 Å². The fourth-order valence-electron chi connectivity index (χ4n) is 5.18. The number of amides is 1. The number of benzene rings is 3. The number of hydrogen-bond donors (Lipinski definition) is 2. The molecule has 1 saturated heterocycles. The Morgan fingerprint density at radius 1 is 1.05 bits per heavy atom. The summed E-state index contributed by atoms with van der Waals surface area (Å²) in [5.74, 6) is 0.139. The second-order valence-electron chi connectivity index (χ2n) is 9.85. The fraction of sp³-hybridized carbons (Fsp3) is 0.300. The summed E-state index contributed by atoms with van der Waals surface area (Å²) in [6.07, 6.45) is 5.53. The van der Waals surface area contributed by atoms with E-state index in [1.807, 2.05) is 42.6 Å². The van der Waals surface area contributed by atoms with Crippen LogP contribution in [0.1, 0.15) is 39.9 Å². The molecule has 3 aromatic carbocycles. The van der Waals surface area contributed by atoms with E-state index in [2.05, 4.69) is 44.7 Å². The molecule has 1 aliphatic heterocycles. The molecule has 0 bridgehead atoms. The summed E-state index contributed by atoms with van der Waals surface area (Å²) in [6, 6.07) is 21.7. The number of likely N-dealkylation sites (tertiary alicyclic amines) is 1. The van der Waals surface area contributed by atoms with Crippen LogP contribution in [0.25, 0.3) is 10.9 Å². The number of H-pyrrole nitrogens is 1. The number of piperidine rings is 1. The van der Waals surface area contributed by atoms with E-state index < -0.39 is 0 Å². The Morgan fingerprint density at radius 2 is 1.92 bits per heavy atom. The van der Waals surface area contributed by atoms with E-state index in [4.69, 9.17) is 4.74 Å². The quantitative estimate of drug-likeness (QED) is 0.336. The maximum absolute atomic E-state index is 13.0. The van der Waals surface area contributed by atoms with E-state index in [1.54, 1.807) is 6.07 Å². The van der Waals surface area contributed by atoms with Gasteiger partial charge in [-0.2, -0.15) is 5.10 Å². The topological polar surface area (TPSA) is 87.3 Å². The van der Waals surface area contributed by atoms with Crippen molar-refractivity contribution in [3.8, 4) is 0 Å². The first-order chi connectivity index (χ1) is 18.1. The molecular weight excluding hydrogens is 464 g/mol. The van der Waals surface area contributed by atoms with Crippen LogP contribution in [0.3, 0.4) is 0 Å². The lowest BCUT2D eigenvalue weighted by Crippen LogP contribution is -2.35. The first-order valence-corrected chi connectivity index (χ1v) is 12.8. The highest BCUT2D eigenvalue weighted by Crippen LogP contribution is 2.24. The summed E-state index contributed by atoms with van der Waals surface area (Å²) in [4.78, 5) is 27.0. The van der Waals surface area contributed by atoms with Crippen molar-refractivity contribution in [3.05, 3.63) is 95.2 Å². The molecule has 1 fully saturated rings. The van der Waals surface area contributed by atoms with Gasteiger partial charge in [0, 0.05) is 29.7 Å². The minimum atomic E-state index is -0.310. The number of nitrogens with zero attached hydrogens (tertiary/aromatic N) is 2. The molecule has 1 aliphatic rings. The molecule has 7 heteroatoms. The highest BCUT2D eigenvalue weighted by atomic mass is 16.5. The van der Waals surface area contributed by atoms with Crippen LogP contribution in [0.2, 0.25) is 0 Å². The highest BCUT2D eigenvalue weighted by molar-refractivity contribution is 6.04. The number of carbonyl (C=O) groups excluding carboxylic acids is 2. The molecule has 0 saturated carbocycles. The average molecular weight is 497 g/mol. The molecule has 0 spiro atoms. The van der Waals surface area contributed by atoms with Gasteiger partial charge in [-0.1, -0.05) is 30.3 Å². The summed E-state index contributed by atoms with van der Waals surface area (Å²) < 4.78 is 4.73. The summed E-state index contributed by atoms with van der Waals surface area (Å²) in [5.41, 5.74) is 5.64. The molecule has 1 atom stereocenters. The molecule has 4 aromatic rings. The van der Waals surface area contributed by atoms with Gasteiger partial charge in [-0.25, -0.2) is 0 Å². The number of carbonyl (C=O) groups is 2. The van der Waals surface area contributed by atoms with Gasteiger partial charge < -0.3 is 10.1 Å². The van der Waals surface area contributed by atoms with Crippen LogP contribution in [0.5, 0.6) is 0 Å². The van der Waals surface area contributed by atoms with Crippen LogP contribution in [-0.4, -0.2) is 47.2 Å². The molecule has 2 N–H and O–H groups in total. The zero-order chi connectivity index (χ0) is 25.6. The van der Waals surface area contributed by atoms with E-state index in [1.165, 1.54) is 25.5 Å². The number of aromatic nitrogens is 2. The molecule has 0 radical (unpaired) electrons. The maximum atomic E-state index is 13.0. The molecule has 190 valence electrons. The third-order valence-corrected chi connectivity index (χ3v) is 6.99. The average Bonchev–Trinajstić information content (AvgIpc) is 3.37. The van der Waals surface area contributed by atoms with Crippen molar-refractivity contribution in [2.45, 2.75) is 32.2 Å². The molecule has 7 nitrogen and oxygen atoms in total. The SMILES string of the molecule is COC(=O)Cc1cccc(NC(=O)c2cccc(CN3CCCC(Cc4ccc5[nH]ncc5c4)C3)c2)c1. The Kier molecular flexibility index (Phi) is 7.61. The van der Waals surface area contributed by atoms with E-state index >= 15 is 0 Å². The zero-order valence-electron chi connectivity index (χ0n) is 21.1. The number of ether oxygens (including phenoxy) is 1. The third-order valence-electron chi connectivity index (χ3n) is 6.99. The lowest BCUT2D eigenvalue weighted by atomic mass is 9.90. The molecule has 1 aromatic heterocycles. The number of esters is 1. The number of fused-ring (bicyclic) bond motifs is 1. The molecular formula is C30H32N4O3. The van der Waals surface area contributed by atoms with Gasteiger partial charge in [0.05, 0.1) is 25.2 Å². The fourth-order valence-corrected chi connectivity index (χ4v) is 5.18. The van der Waals surface area contributed by atoms with Crippen LogP contribution in [0, 0.1) is 5.92 Å². The highest BCUT2D eigenvalue weighted by Gasteiger charge is 2.21. The smallest absolute Gasteiger partial charge is 0.309 e. The first-order valence-electron chi connectivity index (χ1n) is 12.8. The minimum Gasteiger partial charge on any atom is -0.469 e. The Bertz CT molecular complexity index is 1400. The largest absolute Gasteiger partial charge is 0.469 e. The predicted octanol–water partition coefficient (Wildman–Crippen LogP) is 4.99. The summed E-state index contributed by atoms with van der Waals surface area (Å²) >= 11 is 0. The lowest BCUT2D eigenvalue weighted by Gasteiger charge is -2.33. The van der Waals surface area contributed by atoms with Gasteiger partial charge in [0.1, 0.15) is 0 Å². The Morgan fingerprint density at radius 3 is 2.81 bits per heavy atom. The molecule has 0 aliphatic carbocycles. The normalized spacial score (nSPS) is 16.0. The molecule has 37 heavy (non-hydrogen) atoms. The standard InChI is InChI=1S/C30H32N4O3/c1-37-29(35)17-21-5-3-9-27(16-21)32-30(36)25-8-2-6-24(15-25)20-34-12-4-7-23(19-34)13-22-10-11-28-26(14-22)18-31-33-28/h2-3,5-6,8-11,14-16,18,23H,4,7,12-13,17,19-20H2,1H3,(H,31,33)(H,32,36). The molecule has 1 unspecified atom stereocenters. The van der Waals surface area contributed by atoms with E-state index in [-0.39, 0.29) is 18.3 Å². The lowest BCUT2D eigenvalue weighted by molar-refractivity contribution is -0.139. The van der Waals surface area contributed by atoms with Crippen molar-refractivity contribution >= 4 is 28.5 Å². The molecule has 2 heterocycles. The van der Waals surface area contributed by atoms with Gasteiger partial charge in [-0.3, -0.25) is 19.6 Å².